The minimum atomic E-state index is -1.84. The van der Waals surface area contributed by atoms with Crippen molar-refractivity contribution < 1.29 is 69.6 Å². The highest BCUT2D eigenvalue weighted by molar-refractivity contribution is 7.80. The Hall–Kier alpha value is -3.11. The number of carbonyl (C=O) groups excluding carboxylic acids is 4. The molecule has 0 aliphatic rings. The van der Waals surface area contributed by atoms with E-state index in [2.05, 4.69) is 28.6 Å². The minimum absolute atomic E-state index is 0.0285. The minimum Gasteiger partial charge on any atom is -0.481 e. The van der Waals surface area contributed by atoms with Gasteiger partial charge in [0.1, 0.15) is 24.2 Å². The third kappa shape index (κ3) is 15.1. The average molecular weight is 658 g/mol. The number of aliphatic hydroxyl groups is 6. The van der Waals surface area contributed by atoms with Crippen LogP contribution in [0, 0.1) is 0 Å². The number of amides is 4. The molecule has 19 nitrogen and oxygen atoms in total. The van der Waals surface area contributed by atoms with Gasteiger partial charge in [-0.3, -0.25) is 29.0 Å². The predicted molar refractivity (Wildman–Crippen MR) is 151 cm³/mol. The Morgan fingerprint density at radius 3 is 1.86 bits per heavy atom. The van der Waals surface area contributed by atoms with Crippen LogP contribution in [0.1, 0.15) is 44.9 Å². The van der Waals surface area contributed by atoms with Crippen LogP contribution in [0.3, 0.4) is 0 Å². The first-order chi connectivity index (χ1) is 20.6. The number of nitrogens with one attached hydrogen (secondary N) is 3. The summed E-state index contributed by atoms with van der Waals surface area (Å²) in [6.07, 6.45) is -7.76. The molecule has 0 rings (SSSR count). The van der Waals surface area contributed by atoms with Crippen LogP contribution in [-0.4, -0.2) is 149 Å². The Kier molecular flexibility index (Phi) is 20.0. The van der Waals surface area contributed by atoms with E-state index in [1.165, 1.54) is 0 Å². The van der Waals surface area contributed by atoms with Gasteiger partial charge in [-0.05, 0) is 19.3 Å². The number of hydrogen-bond donors (Lipinski definition) is 13. The van der Waals surface area contributed by atoms with Gasteiger partial charge < -0.3 is 56.8 Å². The molecule has 0 saturated heterocycles. The summed E-state index contributed by atoms with van der Waals surface area (Å²) >= 11 is 3.83. The predicted octanol–water partition coefficient (Wildman–Crippen LogP) is -5.60. The highest BCUT2D eigenvalue weighted by Crippen LogP contribution is 2.12. The molecule has 0 fully saturated rings. The van der Waals surface area contributed by atoms with Crippen LogP contribution >= 0.6 is 12.6 Å². The fraction of sp³-hybridized carbons (Fsp3) is 0.750. The number of hydrogen-bond acceptors (Lipinski definition) is 14. The van der Waals surface area contributed by atoms with Gasteiger partial charge in [0.05, 0.1) is 31.3 Å². The van der Waals surface area contributed by atoms with Gasteiger partial charge in [0.25, 0.3) is 0 Å². The summed E-state index contributed by atoms with van der Waals surface area (Å²) in [7, 11) is 0. The van der Waals surface area contributed by atoms with Crippen LogP contribution in [0.25, 0.3) is 0 Å². The Morgan fingerprint density at radius 1 is 0.750 bits per heavy atom. The number of carboxylic acids is 2. The largest absolute Gasteiger partial charge is 0.481 e. The zero-order chi connectivity index (χ0) is 34.0. The Morgan fingerprint density at radius 2 is 1.36 bits per heavy atom. The van der Waals surface area contributed by atoms with Crippen molar-refractivity contribution in [3.63, 3.8) is 0 Å². The van der Waals surface area contributed by atoms with E-state index in [1.54, 1.807) is 0 Å². The second-order valence-corrected chi connectivity index (χ2v) is 10.1. The van der Waals surface area contributed by atoms with E-state index in [-0.39, 0.29) is 25.0 Å². The molecule has 0 radical (unpaired) electrons. The third-order valence-corrected chi connectivity index (χ3v) is 6.57. The van der Waals surface area contributed by atoms with Gasteiger partial charge in [0.2, 0.25) is 23.6 Å². The first kappa shape index (κ1) is 40.9. The monoisotopic (exact) mass is 657 g/mol. The number of hydrazine groups is 1. The van der Waals surface area contributed by atoms with Gasteiger partial charge in [-0.25, -0.2) is 10.6 Å². The Labute approximate surface area is 257 Å². The molecule has 13 N–H and O–H groups in total. The van der Waals surface area contributed by atoms with Crippen LogP contribution in [0.15, 0.2) is 0 Å². The van der Waals surface area contributed by atoms with Crippen molar-refractivity contribution in [2.75, 3.05) is 25.6 Å². The number of aliphatic hydroxyl groups excluding tert-OH is 6. The quantitative estimate of drug-likeness (QED) is 0.0211. The molecule has 4 amide bonds. The number of nitrogens with two attached hydrogens (primary N) is 1. The Balaban J connectivity index is 6.25. The first-order valence-electron chi connectivity index (χ1n) is 13.5. The number of rotatable bonds is 23. The molecule has 7 atom stereocenters. The summed E-state index contributed by atoms with van der Waals surface area (Å²) in [6, 6.07) is -6.89. The van der Waals surface area contributed by atoms with Crippen molar-refractivity contribution >= 4 is 48.2 Å². The maximum Gasteiger partial charge on any atom is 0.327 e. The van der Waals surface area contributed by atoms with Crippen LogP contribution in [0.2, 0.25) is 0 Å². The van der Waals surface area contributed by atoms with Gasteiger partial charge in [-0.2, -0.15) is 12.6 Å². The zero-order valence-corrected chi connectivity index (χ0v) is 24.7. The van der Waals surface area contributed by atoms with Gasteiger partial charge in [0.15, 0.2) is 0 Å². The lowest BCUT2D eigenvalue weighted by atomic mass is 10.0. The Bertz CT molecular complexity index is 960. The van der Waals surface area contributed by atoms with E-state index >= 15 is 0 Å². The maximum atomic E-state index is 13.3. The summed E-state index contributed by atoms with van der Waals surface area (Å²) < 4.78 is 0. The normalized spacial score (nSPS) is 15.9. The lowest BCUT2D eigenvalue weighted by molar-refractivity contribution is -0.146. The number of carboxylic acid groups (broad SMARTS) is 2. The highest BCUT2D eigenvalue weighted by Gasteiger charge is 2.36. The van der Waals surface area contributed by atoms with Crippen LogP contribution in [0.4, 0.5) is 0 Å². The molecule has 0 aromatic carbocycles. The van der Waals surface area contributed by atoms with Crippen molar-refractivity contribution in [2.24, 2.45) is 5.84 Å². The summed E-state index contributed by atoms with van der Waals surface area (Å²) in [6.45, 7) is -1.81. The van der Waals surface area contributed by atoms with E-state index < -0.39 is 124 Å². The molecule has 0 aromatic rings. The zero-order valence-electron chi connectivity index (χ0n) is 23.8. The van der Waals surface area contributed by atoms with Crippen molar-refractivity contribution in [1.82, 2.24) is 21.0 Å². The molecule has 20 heteroatoms. The maximum absolute atomic E-state index is 13.3. The molecule has 1 unspecified atom stereocenters. The molecular formula is C24H43N5O14S. The van der Waals surface area contributed by atoms with Gasteiger partial charge in [-0.1, -0.05) is 0 Å². The summed E-state index contributed by atoms with van der Waals surface area (Å²) in [5.74, 6) is -2.01. The standard InChI is InChI=1S/C24H43N5O14S/c25-29(18(36)3-4-19(37)38)16(9-12(33)5-7-31)22(40)26-14(8-13(34)10-32)21(39)28-20(17(35)2-1-6-30)23(41)27-15(11-44)24(42)43/h12-17,20,30-35,44H,1-11,25H2,(H,26,40)(H,27,41)(H,28,39)(H,37,38)(H,42,43)/t12-,13+,14?,15+,16+,17+,20+/m1/s1. The topological polar surface area (TPSA) is 330 Å². The fourth-order valence-corrected chi connectivity index (χ4v) is 3.99. The number of aliphatic carboxylic acids is 2. The third-order valence-electron chi connectivity index (χ3n) is 6.21. The molecule has 0 bridgehead atoms. The molecule has 254 valence electrons. The van der Waals surface area contributed by atoms with Gasteiger partial charge >= 0.3 is 11.9 Å². The van der Waals surface area contributed by atoms with E-state index in [0.29, 0.717) is 5.01 Å². The SMILES string of the molecule is NN(C(=O)CCC(=O)O)[C@@H](C[C@H](O)CCO)C(=O)NC(C[C@H](O)CO)C(=O)N[C@H](C(=O)N[C@@H](CS)C(=O)O)[C@@H](O)CCCO. The smallest absolute Gasteiger partial charge is 0.327 e. The average Bonchev–Trinajstić information content (AvgIpc) is 2.97. The van der Waals surface area contributed by atoms with Crippen LogP contribution in [0.5, 0.6) is 0 Å². The van der Waals surface area contributed by atoms with E-state index in [9.17, 15) is 54.3 Å². The molecule has 44 heavy (non-hydrogen) atoms. The number of nitrogens with zero attached hydrogens (tertiary/aromatic N) is 1. The second kappa shape index (κ2) is 21.6. The van der Waals surface area contributed by atoms with E-state index in [0.717, 1.165) is 0 Å². The molecule has 0 heterocycles. The van der Waals surface area contributed by atoms with Crippen LogP contribution < -0.4 is 21.8 Å². The van der Waals surface area contributed by atoms with Crippen molar-refractivity contribution in [3.05, 3.63) is 0 Å². The summed E-state index contributed by atoms with van der Waals surface area (Å²) in [5, 5.41) is 83.1. The van der Waals surface area contributed by atoms with Gasteiger partial charge in [-0.15, -0.1) is 0 Å². The number of carbonyl (C=O) groups is 6. The molecule has 0 aromatic heterocycles. The summed E-state index contributed by atoms with van der Waals surface area (Å²) in [5.41, 5.74) is 0. The van der Waals surface area contributed by atoms with Crippen molar-refractivity contribution in [1.29, 1.82) is 0 Å². The second-order valence-electron chi connectivity index (χ2n) is 9.75. The van der Waals surface area contributed by atoms with Crippen LogP contribution in [-0.2, 0) is 28.8 Å². The fourth-order valence-electron chi connectivity index (χ4n) is 3.74. The molecule has 0 saturated carbocycles. The van der Waals surface area contributed by atoms with E-state index in [1.807, 2.05) is 0 Å². The van der Waals surface area contributed by atoms with Gasteiger partial charge in [0, 0.05) is 38.2 Å². The first-order valence-corrected chi connectivity index (χ1v) is 14.2. The van der Waals surface area contributed by atoms with Crippen molar-refractivity contribution in [2.45, 2.75) is 87.4 Å². The lowest BCUT2D eigenvalue weighted by Gasteiger charge is -2.31. The molecule has 0 aliphatic heterocycles. The molecule has 0 aliphatic carbocycles. The number of thiol groups is 1. The molecular weight excluding hydrogens is 614 g/mol. The lowest BCUT2D eigenvalue weighted by Crippen LogP contribution is -2.62. The van der Waals surface area contributed by atoms with Crippen molar-refractivity contribution in [3.8, 4) is 0 Å². The highest BCUT2D eigenvalue weighted by atomic mass is 32.1. The summed E-state index contributed by atoms with van der Waals surface area (Å²) in [4.78, 5) is 74.1. The molecule has 0 spiro atoms. The van der Waals surface area contributed by atoms with E-state index in [4.69, 9.17) is 21.2 Å².